The Kier molecular flexibility index (Phi) is 4.17. The van der Waals surface area contributed by atoms with Gasteiger partial charge in [0.2, 0.25) is 0 Å². The molecular weight excluding hydrogens is 284 g/mol. The van der Waals surface area contributed by atoms with Crippen LogP contribution in [0.25, 0.3) is 5.69 Å². The second-order valence-electron chi connectivity index (χ2n) is 4.64. The van der Waals surface area contributed by atoms with Crippen molar-refractivity contribution in [2.24, 2.45) is 0 Å². The van der Waals surface area contributed by atoms with Gasteiger partial charge in [0.15, 0.2) is 0 Å². The molecule has 0 saturated carbocycles. The van der Waals surface area contributed by atoms with Gasteiger partial charge in [-0.1, -0.05) is 48.0 Å². The summed E-state index contributed by atoms with van der Waals surface area (Å²) in [5.41, 5.74) is 3.07. The lowest BCUT2D eigenvalue weighted by Crippen LogP contribution is -2.08. The van der Waals surface area contributed by atoms with Gasteiger partial charge in [0.05, 0.1) is 10.7 Å². The molecule has 0 aliphatic heterocycles. The van der Waals surface area contributed by atoms with E-state index in [-0.39, 0.29) is 0 Å². The zero-order valence-corrected chi connectivity index (χ0v) is 12.2. The van der Waals surface area contributed by atoms with Crippen molar-refractivity contribution in [1.82, 2.24) is 14.8 Å². The molecule has 4 nitrogen and oxygen atoms in total. The summed E-state index contributed by atoms with van der Waals surface area (Å²) >= 11 is 6.29. The van der Waals surface area contributed by atoms with Gasteiger partial charge >= 0.3 is 0 Å². The molecule has 1 aromatic heterocycles. The first-order valence-corrected chi connectivity index (χ1v) is 7.14. The number of hydrogen-bond donors (Lipinski definition) is 1. The SMILES string of the molecule is Clc1cccc(NCCc2ccccc2)c1-n1cncn1. The van der Waals surface area contributed by atoms with Crippen molar-refractivity contribution in [3.05, 3.63) is 71.8 Å². The highest BCUT2D eigenvalue weighted by Gasteiger charge is 2.09. The summed E-state index contributed by atoms with van der Waals surface area (Å²) in [6.45, 7) is 0.825. The molecule has 5 heteroatoms. The number of nitrogens with one attached hydrogen (secondary N) is 1. The first-order chi connectivity index (χ1) is 10.3. The summed E-state index contributed by atoms with van der Waals surface area (Å²) in [6, 6.07) is 16.1. The molecule has 2 aromatic carbocycles. The summed E-state index contributed by atoms with van der Waals surface area (Å²) in [4.78, 5) is 3.97. The van der Waals surface area contributed by atoms with E-state index in [4.69, 9.17) is 11.6 Å². The number of nitrogens with zero attached hydrogens (tertiary/aromatic N) is 3. The zero-order chi connectivity index (χ0) is 14.5. The van der Waals surface area contributed by atoms with Gasteiger partial charge in [-0.05, 0) is 24.1 Å². The molecule has 0 aliphatic rings. The van der Waals surface area contributed by atoms with Crippen LogP contribution >= 0.6 is 11.6 Å². The van der Waals surface area contributed by atoms with Crippen molar-refractivity contribution >= 4 is 17.3 Å². The number of anilines is 1. The van der Waals surface area contributed by atoms with Crippen LogP contribution in [-0.2, 0) is 6.42 Å². The smallest absolute Gasteiger partial charge is 0.138 e. The topological polar surface area (TPSA) is 42.7 Å². The molecule has 0 amide bonds. The average molecular weight is 299 g/mol. The highest BCUT2D eigenvalue weighted by atomic mass is 35.5. The maximum Gasteiger partial charge on any atom is 0.138 e. The predicted octanol–water partition coefficient (Wildman–Crippen LogP) is 3.58. The number of para-hydroxylation sites is 1. The minimum atomic E-state index is 0.644. The maximum absolute atomic E-state index is 6.29. The Morgan fingerprint density at radius 1 is 1.05 bits per heavy atom. The van der Waals surface area contributed by atoms with E-state index in [1.54, 1.807) is 11.0 Å². The van der Waals surface area contributed by atoms with Gasteiger partial charge in [-0.2, -0.15) is 5.10 Å². The normalized spacial score (nSPS) is 10.5. The van der Waals surface area contributed by atoms with Gasteiger partial charge in [-0.15, -0.1) is 0 Å². The van der Waals surface area contributed by atoms with Crippen molar-refractivity contribution in [3.63, 3.8) is 0 Å². The molecule has 0 unspecified atom stereocenters. The Labute approximate surface area is 128 Å². The summed E-state index contributed by atoms with van der Waals surface area (Å²) in [5.74, 6) is 0. The van der Waals surface area contributed by atoms with E-state index in [2.05, 4.69) is 39.7 Å². The lowest BCUT2D eigenvalue weighted by molar-refractivity contribution is 0.876. The third kappa shape index (κ3) is 3.23. The summed E-state index contributed by atoms with van der Waals surface area (Å²) in [6.07, 6.45) is 4.09. The van der Waals surface area contributed by atoms with Crippen LogP contribution in [0.4, 0.5) is 5.69 Å². The molecule has 0 bridgehead atoms. The first kappa shape index (κ1) is 13.6. The molecule has 0 fully saturated rings. The fourth-order valence-electron chi connectivity index (χ4n) is 2.20. The molecule has 0 radical (unpaired) electrons. The summed E-state index contributed by atoms with van der Waals surface area (Å²) in [5, 5.41) is 8.22. The number of aromatic nitrogens is 3. The van der Waals surface area contributed by atoms with E-state index in [1.165, 1.54) is 11.9 Å². The van der Waals surface area contributed by atoms with Gasteiger partial charge in [-0.25, -0.2) is 9.67 Å². The molecule has 0 spiro atoms. The van der Waals surface area contributed by atoms with Crippen LogP contribution in [-0.4, -0.2) is 21.3 Å². The van der Waals surface area contributed by atoms with Crippen molar-refractivity contribution in [1.29, 1.82) is 0 Å². The summed E-state index contributed by atoms with van der Waals surface area (Å²) < 4.78 is 1.67. The van der Waals surface area contributed by atoms with Crippen molar-refractivity contribution in [2.75, 3.05) is 11.9 Å². The van der Waals surface area contributed by atoms with Crippen LogP contribution < -0.4 is 5.32 Å². The van der Waals surface area contributed by atoms with E-state index >= 15 is 0 Å². The van der Waals surface area contributed by atoms with E-state index < -0.39 is 0 Å². The largest absolute Gasteiger partial charge is 0.383 e. The van der Waals surface area contributed by atoms with Crippen LogP contribution in [0.1, 0.15) is 5.56 Å². The highest BCUT2D eigenvalue weighted by molar-refractivity contribution is 6.33. The molecular formula is C16H15ClN4. The maximum atomic E-state index is 6.29. The third-order valence-electron chi connectivity index (χ3n) is 3.21. The Morgan fingerprint density at radius 2 is 1.90 bits per heavy atom. The monoisotopic (exact) mass is 298 g/mol. The van der Waals surface area contributed by atoms with E-state index in [9.17, 15) is 0 Å². The van der Waals surface area contributed by atoms with Gasteiger partial charge in [-0.3, -0.25) is 0 Å². The molecule has 3 rings (SSSR count). The standard InChI is InChI=1S/C16H15ClN4/c17-14-7-4-8-15(16(14)21-12-18-11-20-21)19-10-9-13-5-2-1-3-6-13/h1-8,11-12,19H,9-10H2. The van der Waals surface area contributed by atoms with Gasteiger partial charge < -0.3 is 5.32 Å². The van der Waals surface area contributed by atoms with E-state index in [0.29, 0.717) is 5.02 Å². The van der Waals surface area contributed by atoms with Crippen LogP contribution in [0.3, 0.4) is 0 Å². The zero-order valence-electron chi connectivity index (χ0n) is 11.4. The fourth-order valence-corrected chi connectivity index (χ4v) is 2.46. The Hall–Kier alpha value is -2.33. The highest BCUT2D eigenvalue weighted by Crippen LogP contribution is 2.27. The van der Waals surface area contributed by atoms with Crippen molar-refractivity contribution in [3.8, 4) is 5.69 Å². The van der Waals surface area contributed by atoms with Gasteiger partial charge in [0.25, 0.3) is 0 Å². The van der Waals surface area contributed by atoms with Gasteiger partial charge in [0, 0.05) is 6.54 Å². The molecule has 0 saturated heterocycles. The lowest BCUT2D eigenvalue weighted by atomic mass is 10.1. The Bertz CT molecular complexity index is 696. The minimum absolute atomic E-state index is 0.644. The van der Waals surface area contributed by atoms with Crippen LogP contribution in [0, 0.1) is 0 Å². The second kappa shape index (κ2) is 6.41. The minimum Gasteiger partial charge on any atom is -0.383 e. The molecule has 3 aromatic rings. The second-order valence-corrected chi connectivity index (χ2v) is 5.05. The number of benzene rings is 2. The molecule has 0 aliphatic carbocycles. The molecule has 21 heavy (non-hydrogen) atoms. The van der Waals surface area contributed by atoms with Crippen LogP contribution in [0.5, 0.6) is 0 Å². The first-order valence-electron chi connectivity index (χ1n) is 6.76. The molecule has 0 atom stereocenters. The lowest BCUT2D eigenvalue weighted by Gasteiger charge is -2.13. The number of hydrogen-bond acceptors (Lipinski definition) is 3. The number of rotatable bonds is 5. The van der Waals surface area contributed by atoms with E-state index in [0.717, 1.165) is 24.3 Å². The van der Waals surface area contributed by atoms with Crippen molar-refractivity contribution < 1.29 is 0 Å². The molecule has 1 heterocycles. The van der Waals surface area contributed by atoms with Crippen molar-refractivity contribution in [2.45, 2.75) is 6.42 Å². The third-order valence-corrected chi connectivity index (χ3v) is 3.51. The fraction of sp³-hybridized carbons (Fsp3) is 0.125. The number of halogens is 1. The van der Waals surface area contributed by atoms with E-state index in [1.807, 2.05) is 24.3 Å². The van der Waals surface area contributed by atoms with Crippen LogP contribution in [0.2, 0.25) is 5.02 Å². The predicted molar refractivity (Wildman–Crippen MR) is 85.0 cm³/mol. The quantitative estimate of drug-likeness (QED) is 0.783. The van der Waals surface area contributed by atoms with Crippen LogP contribution in [0.15, 0.2) is 61.2 Å². The summed E-state index contributed by atoms with van der Waals surface area (Å²) in [7, 11) is 0. The molecule has 1 N–H and O–H groups in total. The molecule has 106 valence electrons. The Morgan fingerprint density at radius 3 is 2.67 bits per heavy atom. The Balaban J connectivity index is 1.75. The average Bonchev–Trinajstić information content (AvgIpc) is 3.02. The van der Waals surface area contributed by atoms with Gasteiger partial charge in [0.1, 0.15) is 18.3 Å².